The fourth-order valence-corrected chi connectivity index (χ4v) is 4.57. The predicted molar refractivity (Wildman–Crippen MR) is 101 cm³/mol. The number of aliphatic hydroxyl groups is 1. The minimum Gasteiger partial charge on any atom is -0.459 e. The number of hydrogen-bond acceptors (Lipinski definition) is 4. The molecule has 1 aromatic heterocycles. The topological polar surface area (TPSA) is 48.6 Å². The van der Waals surface area contributed by atoms with E-state index < -0.39 is 0 Å². The Bertz CT molecular complexity index is 657. The summed E-state index contributed by atoms with van der Waals surface area (Å²) >= 11 is 0. The number of nitrogens with one attached hydrogen (secondary N) is 1. The van der Waals surface area contributed by atoms with Gasteiger partial charge < -0.3 is 14.8 Å². The molecule has 2 N–H and O–H groups in total. The summed E-state index contributed by atoms with van der Waals surface area (Å²) in [5, 5.41) is 15.2. The number of para-hydroxylation sites is 1. The average molecular weight is 342 g/mol. The van der Waals surface area contributed by atoms with E-state index >= 15 is 0 Å². The zero-order chi connectivity index (χ0) is 17.2. The molecule has 2 heterocycles. The number of likely N-dealkylation sites (tertiary alicyclic amines) is 1. The number of furan rings is 1. The van der Waals surface area contributed by atoms with Crippen LogP contribution in [0.25, 0.3) is 11.0 Å². The van der Waals surface area contributed by atoms with Crippen LogP contribution < -0.4 is 5.32 Å². The van der Waals surface area contributed by atoms with Crippen LogP contribution in [0.3, 0.4) is 0 Å². The van der Waals surface area contributed by atoms with E-state index in [9.17, 15) is 5.11 Å². The van der Waals surface area contributed by atoms with Gasteiger partial charge in [-0.05, 0) is 44.7 Å². The fraction of sp³-hybridized carbons (Fsp3) is 0.619. The lowest BCUT2D eigenvalue weighted by atomic mass is 9.89. The van der Waals surface area contributed by atoms with E-state index in [2.05, 4.69) is 35.3 Å². The second-order valence-corrected chi connectivity index (χ2v) is 7.80. The Morgan fingerprint density at radius 3 is 2.64 bits per heavy atom. The van der Waals surface area contributed by atoms with Gasteiger partial charge in [-0.25, -0.2) is 0 Å². The standard InChI is InChI=1S/C21H30N2O2/c1-15(21-14-16-6-2-5-9-20(16)25-21)22-17-10-12-23(13-11-17)18-7-3-4-8-19(18)24/h2,5-6,9,14-15,17-19,22,24H,3-4,7-8,10-13H2,1H3. The van der Waals surface area contributed by atoms with Gasteiger partial charge in [-0.1, -0.05) is 31.0 Å². The third-order valence-corrected chi connectivity index (χ3v) is 6.05. The van der Waals surface area contributed by atoms with Crippen LogP contribution in [-0.2, 0) is 0 Å². The van der Waals surface area contributed by atoms with Crippen molar-refractivity contribution in [2.45, 2.75) is 69.7 Å². The summed E-state index contributed by atoms with van der Waals surface area (Å²) in [6.07, 6.45) is 6.77. The highest BCUT2D eigenvalue weighted by Gasteiger charge is 2.31. The van der Waals surface area contributed by atoms with E-state index in [1.807, 2.05) is 12.1 Å². The summed E-state index contributed by atoms with van der Waals surface area (Å²) in [6.45, 7) is 4.37. The first-order valence-corrected chi connectivity index (χ1v) is 9.87. The number of aliphatic hydroxyl groups excluding tert-OH is 1. The fourth-order valence-electron chi connectivity index (χ4n) is 4.57. The summed E-state index contributed by atoms with van der Waals surface area (Å²) in [6, 6.07) is 11.5. The van der Waals surface area contributed by atoms with E-state index in [4.69, 9.17) is 4.42 Å². The van der Waals surface area contributed by atoms with Gasteiger partial charge in [-0.3, -0.25) is 4.90 Å². The molecule has 0 bridgehead atoms. The molecule has 1 aromatic carbocycles. The van der Waals surface area contributed by atoms with Crippen molar-refractivity contribution in [1.82, 2.24) is 10.2 Å². The highest BCUT2D eigenvalue weighted by atomic mass is 16.3. The Kier molecular flexibility index (Phi) is 5.11. The summed E-state index contributed by atoms with van der Waals surface area (Å²) in [7, 11) is 0. The van der Waals surface area contributed by atoms with Crippen molar-refractivity contribution < 1.29 is 9.52 Å². The number of piperidine rings is 1. The lowest BCUT2D eigenvalue weighted by Gasteiger charge is -2.42. The van der Waals surface area contributed by atoms with Gasteiger partial charge >= 0.3 is 0 Å². The van der Waals surface area contributed by atoms with E-state index in [0.717, 1.165) is 50.1 Å². The molecule has 136 valence electrons. The molecule has 0 spiro atoms. The molecule has 4 rings (SSSR count). The average Bonchev–Trinajstić information content (AvgIpc) is 3.07. The minimum absolute atomic E-state index is 0.118. The van der Waals surface area contributed by atoms with Crippen molar-refractivity contribution in [1.29, 1.82) is 0 Å². The Hall–Kier alpha value is -1.36. The van der Waals surface area contributed by atoms with Crippen molar-refractivity contribution in [3.05, 3.63) is 36.1 Å². The van der Waals surface area contributed by atoms with E-state index in [1.165, 1.54) is 18.2 Å². The molecular weight excluding hydrogens is 312 g/mol. The lowest BCUT2D eigenvalue weighted by molar-refractivity contribution is 0.00659. The molecule has 3 unspecified atom stereocenters. The van der Waals surface area contributed by atoms with Crippen molar-refractivity contribution >= 4 is 11.0 Å². The molecule has 2 aromatic rings. The van der Waals surface area contributed by atoms with Gasteiger partial charge in [-0.2, -0.15) is 0 Å². The van der Waals surface area contributed by atoms with Crippen molar-refractivity contribution in [2.75, 3.05) is 13.1 Å². The largest absolute Gasteiger partial charge is 0.459 e. The second-order valence-electron chi connectivity index (χ2n) is 7.80. The molecule has 1 aliphatic heterocycles. The smallest absolute Gasteiger partial charge is 0.134 e. The van der Waals surface area contributed by atoms with Crippen LogP contribution in [0.4, 0.5) is 0 Å². The zero-order valence-corrected chi connectivity index (χ0v) is 15.2. The summed E-state index contributed by atoms with van der Waals surface area (Å²) in [4.78, 5) is 2.52. The number of nitrogens with zero attached hydrogens (tertiary/aromatic N) is 1. The van der Waals surface area contributed by atoms with Crippen molar-refractivity contribution in [3.63, 3.8) is 0 Å². The third-order valence-electron chi connectivity index (χ3n) is 6.05. The van der Waals surface area contributed by atoms with Gasteiger partial charge in [0.15, 0.2) is 0 Å². The molecule has 25 heavy (non-hydrogen) atoms. The Labute approximate surface area is 150 Å². The first kappa shape index (κ1) is 17.1. The quantitative estimate of drug-likeness (QED) is 0.886. The molecular formula is C21H30N2O2. The Balaban J connectivity index is 1.32. The van der Waals surface area contributed by atoms with Crippen LogP contribution in [-0.4, -0.2) is 41.3 Å². The van der Waals surface area contributed by atoms with E-state index in [-0.39, 0.29) is 12.1 Å². The van der Waals surface area contributed by atoms with Gasteiger partial charge in [-0.15, -0.1) is 0 Å². The minimum atomic E-state index is -0.118. The normalized spacial score (nSPS) is 27.6. The van der Waals surface area contributed by atoms with Crippen LogP contribution in [0.15, 0.2) is 34.7 Å². The molecule has 4 nitrogen and oxygen atoms in total. The first-order chi connectivity index (χ1) is 12.2. The number of hydrogen-bond donors (Lipinski definition) is 2. The summed E-state index contributed by atoms with van der Waals surface area (Å²) < 4.78 is 6.00. The predicted octanol–water partition coefficient (Wildman–Crippen LogP) is 3.85. The highest BCUT2D eigenvalue weighted by molar-refractivity contribution is 5.77. The maximum atomic E-state index is 10.3. The first-order valence-electron chi connectivity index (χ1n) is 9.87. The number of fused-ring (bicyclic) bond motifs is 1. The maximum absolute atomic E-state index is 10.3. The van der Waals surface area contributed by atoms with Crippen molar-refractivity contribution in [3.8, 4) is 0 Å². The van der Waals surface area contributed by atoms with Crippen LogP contribution in [0.2, 0.25) is 0 Å². The van der Waals surface area contributed by atoms with Gasteiger partial charge in [0.25, 0.3) is 0 Å². The molecule has 1 saturated carbocycles. The molecule has 4 heteroatoms. The van der Waals surface area contributed by atoms with Gasteiger partial charge in [0.1, 0.15) is 11.3 Å². The number of rotatable bonds is 4. The van der Waals surface area contributed by atoms with Crippen LogP contribution in [0, 0.1) is 0 Å². The van der Waals surface area contributed by atoms with Crippen LogP contribution in [0.1, 0.15) is 57.3 Å². The SMILES string of the molecule is CC(NC1CCN(C2CCCCC2O)CC1)c1cc2ccccc2o1. The molecule has 2 aliphatic rings. The highest BCUT2D eigenvalue weighted by Crippen LogP contribution is 2.28. The Morgan fingerprint density at radius 1 is 1.12 bits per heavy atom. The van der Waals surface area contributed by atoms with E-state index in [1.54, 1.807) is 0 Å². The summed E-state index contributed by atoms with van der Waals surface area (Å²) in [5.74, 6) is 1.02. The lowest BCUT2D eigenvalue weighted by Crippen LogP contribution is -2.51. The number of benzene rings is 1. The van der Waals surface area contributed by atoms with Gasteiger partial charge in [0.2, 0.25) is 0 Å². The van der Waals surface area contributed by atoms with Crippen LogP contribution in [0.5, 0.6) is 0 Å². The molecule has 0 amide bonds. The van der Waals surface area contributed by atoms with Gasteiger partial charge in [0, 0.05) is 30.6 Å². The Morgan fingerprint density at radius 2 is 1.88 bits per heavy atom. The third kappa shape index (κ3) is 3.76. The summed E-state index contributed by atoms with van der Waals surface area (Å²) in [5.41, 5.74) is 0.965. The molecule has 0 radical (unpaired) electrons. The van der Waals surface area contributed by atoms with E-state index in [0.29, 0.717) is 12.1 Å². The molecule has 1 saturated heterocycles. The van der Waals surface area contributed by atoms with Crippen LogP contribution >= 0.6 is 0 Å². The van der Waals surface area contributed by atoms with Crippen molar-refractivity contribution in [2.24, 2.45) is 0 Å². The molecule has 3 atom stereocenters. The monoisotopic (exact) mass is 342 g/mol. The molecule has 1 aliphatic carbocycles. The van der Waals surface area contributed by atoms with Gasteiger partial charge in [0.05, 0.1) is 12.1 Å². The molecule has 2 fully saturated rings. The zero-order valence-electron chi connectivity index (χ0n) is 15.2. The second kappa shape index (κ2) is 7.48. The maximum Gasteiger partial charge on any atom is 0.134 e.